The molecule has 0 spiro atoms. The first-order valence-electron chi connectivity index (χ1n) is 10.1. The lowest BCUT2D eigenvalue weighted by atomic mass is 10.2. The minimum Gasteiger partial charge on any atom is -0.497 e. The quantitative estimate of drug-likeness (QED) is 0.426. The summed E-state index contributed by atoms with van der Waals surface area (Å²) < 4.78 is 31.1. The van der Waals surface area contributed by atoms with Gasteiger partial charge in [-0.1, -0.05) is 70.2 Å². The van der Waals surface area contributed by atoms with Gasteiger partial charge in [-0.25, -0.2) is 0 Å². The summed E-state index contributed by atoms with van der Waals surface area (Å²) in [7, 11) is -1.84. The predicted octanol–water partition coefficient (Wildman–Crippen LogP) is 6.02. The van der Waals surface area contributed by atoms with Crippen LogP contribution in [0.15, 0.2) is 54.6 Å². The van der Waals surface area contributed by atoms with Crippen LogP contribution in [0.5, 0.6) is 5.75 Å². The maximum atomic E-state index is 14.0. The number of ether oxygens (including phenoxy) is 1. The van der Waals surface area contributed by atoms with E-state index in [1.807, 2.05) is 82.3 Å². The minimum atomic E-state index is -3.47. The molecule has 0 saturated carbocycles. The first kappa shape index (κ1) is 23.6. The molecular formula is C23H34NO4P. The molecule has 0 saturated heterocycles. The van der Waals surface area contributed by atoms with Crippen LogP contribution in [0.4, 0.5) is 0 Å². The van der Waals surface area contributed by atoms with Crippen molar-refractivity contribution in [2.24, 2.45) is 11.8 Å². The van der Waals surface area contributed by atoms with Crippen molar-refractivity contribution in [1.82, 2.24) is 5.32 Å². The first-order chi connectivity index (χ1) is 13.8. The van der Waals surface area contributed by atoms with Gasteiger partial charge in [-0.3, -0.25) is 9.88 Å². The summed E-state index contributed by atoms with van der Waals surface area (Å²) >= 11 is 0. The second kappa shape index (κ2) is 11.5. The minimum absolute atomic E-state index is 0.247. The Bertz CT molecular complexity index is 746. The molecule has 5 nitrogen and oxygen atoms in total. The highest BCUT2D eigenvalue weighted by Gasteiger charge is 2.37. The van der Waals surface area contributed by atoms with E-state index >= 15 is 0 Å². The van der Waals surface area contributed by atoms with Gasteiger partial charge in [-0.15, -0.1) is 0 Å². The van der Waals surface area contributed by atoms with E-state index in [1.54, 1.807) is 7.11 Å². The standard InChI is InChI=1S/C23H34NO4P/c1-18(2)16-27-29(25,28-17-19(3)4)23(21-11-13-22(26-5)14-12-21)24-15-20-9-7-6-8-10-20/h6-14,18-19,23-24H,15-17H2,1-5H3. The Kier molecular flexibility index (Phi) is 9.38. The van der Waals surface area contributed by atoms with Crippen molar-refractivity contribution >= 4 is 7.60 Å². The van der Waals surface area contributed by atoms with Crippen LogP contribution in [-0.4, -0.2) is 20.3 Å². The highest BCUT2D eigenvalue weighted by molar-refractivity contribution is 7.54. The molecule has 2 aromatic carbocycles. The molecule has 0 aliphatic rings. The topological polar surface area (TPSA) is 56.8 Å². The maximum Gasteiger partial charge on any atom is 0.351 e. The molecule has 6 heteroatoms. The van der Waals surface area contributed by atoms with Crippen LogP contribution in [0.25, 0.3) is 0 Å². The van der Waals surface area contributed by atoms with Crippen molar-refractivity contribution in [2.45, 2.75) is 40.0 Å². The van der Waals surface area contributed by atoms with Gasteiger partial charge in [0, 0.05) is 6.54 Å². The van der Waals surface area contributed by atoms with Crippen LogP contribution in [0.2, 0.25) is 0 Å². The lowest BCUT2D eigenvalue weighted by Gasteiger charge is -2.29. The summed E-state index contributed by atoms with van der Waals surface area (Å²) in [6.45, 7) is 9.43. The first-order valence-corrected chi connectivity index (χ1v) is 11.7. The zero-order valence-electron chi connectivity index (χ0n) is 18.1. The number of rotatable bonds is 12. The smallest absolute Gasteiger partial charge is 0.351 e. The molecule has 0 aliphatic heterocycles. The Balaban J connectivity index is 2.34. The lowest BCUT2D eigenvalue weighted by Crippen LogP contribution is -2.24. The third-order valence-corrected chi connectivity index (χ3v) is 6.40. The SMILES string of the molecule is COc1ccc(C(NCc2ccccc2)P(=O)(OCC(C)C)OCC(C)C)cc1. The average Bonchev–Trinajstić information content (AvgIpc) is 2.72. The fourth-order valence-electron chi connectivity index (χ4n) is 2.70. The van der Waals surface area contributed by atoms with Crippen LogP contribution in [0.1, 0.15) is 44.6 Å². The maximum absolute atomic E-state index is 14.0. The molecule has 0 aromatic heterocycles. The predicted molar refractivity (Wildman–Crippen MR) is 118 cm³/mol. The van der Waals surface area contributed by atoms with Crippen molar-refractivity contribution in [3.8, 4) is 5.75 Å². The Morgan fingerprint density at radius 1 is 0.862 bits per heavy atom. The molecule has 0 bridgehead atoms. The van der Waals surface area contributed by atoms with Crippen molar-refractivity contribution in [3.63, 3.8) is 0 Å². The Morgan fingerprint density at radius 3 is 1.90 bits per heavy atom. The summed E-state index contributed by atoms with van der Waals surface area (Å²) in [5, 5.41) is 3.42. The molecule has 1 unspecified atom stereocenters. The monoisotopic (exact) mass is 419 g/mol. The molecule has 0 amide bonds. The number of hydrogen-bond donors (Lipinski definition) is 1. The van der Waals surface area contributed by atoms with Gasteiger partial charge in [0.25, 0.3) is 0 Å². The molecule has 2 aromatic rings. The van der Waals surface area contributed by atoms with E-state index in [9.17, 15) is 4.57 Å². The second-order valence-electron chi connectivity index (χ2n) is 7.96. The molecule has 0 fully saturated rings. The zero-order valence-corrected chi connectivity index (χ0v) is 19.0. The van der Waals surface area contributed by atoms with Crippen molar-refractivity contribution in [2.75, 3.05) is 20.3 Å². The van der Waals surface area contributed by atoms with Crippen molar-refractivity contribution in [1.29, 1.82) is 0 Å². The van der Waals surface area contributed by atoms with Crippen LogP contribution < -0.4 is 10.1 Å². The average molecular weight is 420 g/mol. The van der Waals surface area contributed by atoms with E-state index in [2.05, 4.69) is 5.32 Å². The van der Waals surface area contributed by atoms with E-state index in [0.29, 0.717) is 19.8 Å². The molecule has 0 aliphatic carbocycles. The third-order valence-electron chi connectivity index (χ3n) is 4.27. The van der Waals surface area contributed by atoms with Crippen LogP contribution in [0, 0.1) is 11.8 Å². The number of hydrogen-bond acceptors (Lipinski definition) is 5. The zero-order chi connectivity index (χ0) is 21.3. The number of nitrogens with one attached hydrogen (secondary N) is 1. The summed E-state index contributed by atoms with van der Waals surface area (Å²) in [5.74, 6) is 0.663. The van der Waals surface area contributed by atoms with Crippen molar-refractivity contribution < 1.29 is 18.3 Å². The number of benzene rings is 2. The molecule has 0 radical (unpaired) electrons. The van der Waals surface area contributed by atoms with Gasteiger partial charge < -0.3 is 13.8 Å². The van der Waals surface area contributed by atoms with Gasteiger partial charge in [0.2, 0.25) is 0 Å². The van der Waals surface area contributed by atoms with Crippen LogP contribution in [-0.2, 0) is 20.2 Å². The third kappa shape index (κ3) is 7.60. The van der Waals surface area contributed by atoms with E-state index in [4.69, 9.17) is 13.8 Å². The molecule has 160 valence electrons. The van der Waals surface area contributed by atoms with Gasteiger partial charge in [0.15, 0.2) is 0 Å². The Hall–Kier alpha value is -1.65. The summed E-state index contributed by atoms with van der Waals surface area (Å²) in [6, 6.07) is 17.6. The molecule has 1 N–H and O–H groups in total. The van der Waals surface area contributed by atoms with Gasteiger partial charge in [-0.2, -0.15) is 0 Å². The van der Waals surface area contributed by atoms with E-state index in [0.717, 1.165) is 16.9 Å². The number of methoxy groups -OCH3 is 1. The van der Waals surface area contributed by atoms with E-state index in [-0.39, 0.29) is 11.8 Å². The van der Waals surface area contributed by atoms with Gasteiger partial charge in [0.05, 0.1) is 20.3 Å². The Labute approximate surface area is 175 Å². The molecule has 29 heavy (non-hydrogen) atoms. The Morgan fingerprint density at radius 2 is 1.41 bits per heavy atom. The van der Waals surface area contributed by atoms with Gasteiger partial charge >= 0.3 is 7.60 Å². The summed E-state index contributed by atoms with van der Waals surface area (Å²) in [5.41, 5.74) is 1.95. The lowest BCUT2D eigenvalue weighted by molar-refractivity contribution is 0.163. The van der Waals surface area contributed by atoms with E-state index in [1.165, 1.54) is 0 Å². The molecular weight excluding hydrogens is 385 g/mol. The normalized spacial score (nSPS) is 13.1. The fraction of sp³-hybridized carbons (Fsp3) is 0.478. The molecule has 1 atom stereocenters. The van der Waals surface area contributed by atoms with Crippen LogP contribution in [0.3, 0.4) is 0 Å². The highest BCUT2D eigenvalue weighted by atomic mass is 31.2. The van der Waals surface area contributed by atoms with Gasteiger partial charge in [0.1, 0.15) is 11.5 Å². The van der Waals surface area contributed by atoms with Gasteiger partial charge in [-0.05, 0) is 35.1 Å². The second-order valence-corrected chi connectivity index (χ2v) is 10.1. The van der Waals surface area contributed by atoms with E-state index < -0.39 is 13.4 Å². The molecule has 0 heterocycles. The van der Waals surface area contributed by atoms with Crippen molar-refractivity contribution in [3.05, 3.63) is 65.7 Å². The van der Waals surface area contributed by atoms with Crippen LogP contribution >= 0.6 is 7.60 Å². The summed E-state index contributed by atoms with van der Waals surface area (Å²) in [4.78, 5) is 0. The largest absolute Gasteiger partial charge is 0.497 e. The molecule has 2 rings (SSSR count). The highest BCUT2D eigenvalue weighted by Crippen LogP contribution is 2.60. The summed E-state index contributed by atoms with van der Waals surface area (Å²) in [6.07, 6.45) is 0. The fourth-order valence-corrected chi connectivity index (χ4v) is 4.94.